The Hall–Kier alpha value is -1.11. The highest BCUT2D eigenvalue weighted by molar-refractivity contribution is 5.96. The topological polar surface area (TPSA) is 107 Å². The Balaban J connectivity index is 3.11. The van der Waals surface area contributed by atoms with Crippen molar-refractivity contribution in [2.75, 3.05) is 13.7 Å². The van der Waals surface area contributed by atoms with Crippen LogP contribution in [-0.2, 0) is 9.53 Å². The summed E-state index contributed by atoms with van der Waals surface area (Å²) in [6, 6.07) is 0. The summed E-state index contributed by atoms with van der Waals surface area (Å²) in [4.78, 5) is 11.2. The lowest BCUT2D eigenvalue weighted by Crippen LogP contribution is -2.52. The number of allylic oxidation sites excluding steroid dienone is 1. The molecule has 4 N–H and O–H groups in total. The van der Waals surface area contributed by atoms with Crippen LogP contribution in [0.5, 0.6) is 0 Å². The van der Waals surface area contributed by atoms with Crippen molar-refractivity contribution in [1.29, 1.82) is 0 Å². The van der Waals surface area contributed by atoms with Crippen molar-refractivity contribution < 1.29 is 30.0 Å². The van der Waals surface area contributed by atoms with Gasteiger partial charge in [-0.05, 0) is 0 Å². The zero-order chi connectivity index (χ0) is 10.9. The molecule has 6 heteroatoms. The smallest absolute Gasteiger partial charge is 0.204 e. The molecule has 1 aliphatic carbocycles. The summed E-state index contributed by atoms with van der Waals surface area (Å²) in [6.45, 7) is -0.818. The third-order valence-electron chi connectivity index (χ3n) is 2.20. The Labute approximate surface area is 80.1 Å². The van der Waals surface area contributed by atoms with Crippen LogP contribution in [0, 0.1) is 0 Å². The van der Waals surface area contributed by atoms with Crippen molar-refractivity contribution in [2.45, 2.75) is 18.1 Å². The van der Waals surface area contributed by atoms with Gasteiger partial charge in [-0.25, -0.2) is 0 Å². The zero-order valence-electron chi connectivity index (χ0n) is 7.60. The van der Waals surface area contributed by atoms with Crippen molar-refractivity contribution in [2.24, 2.45) is 0 Å². The third kappa shape index (κ3) is 1.47. The highest BCUT2D eigenvalue weighted by Crippen LogP contribution is 2.29. The van der Waals surface area contributed by atoms with Crippen LogP contribution < -0.4 is 0 Å². The van der Waals surface area contributed by atoms with E-state index in [1.807, 2.05) is 0 Å². The number of aliphatic hydroxyl groups is 4. The van der Waals surface area contributed by atoms with Gasteiger partial charge in [-0.2, -0.15) is 0 Å². The van der Waals surface area contributed by atoms with Crippen LogP contribution in [0.4, 0.5) is 0 Å². The van der Waals surface area contributed by atoms with E-state index in [0.29, 0.717) is 0 Å². The van der Waals surface area contributed by atoms with E-state index in [1.165, 1.54) is 7.11 Å². The number of aliphatic hydroxyl groups excluding tert-OH is 3. The fourth-order valence-corrected chi connectivity index (χ4v) is 1.34. The summed E-state index contributed by atoms with van der Waals surface area (Å²) in [7, 11) is 1.17. The molecule has 0 saturated heterocycles. The summed E-state index contributed by atoms with van der Waals surface area (Å²) in [5.41, 5.74) is -2.02. The molecule has 1 rings (SSSR count). The minimum atomic E-state index is -2.02. The highest BCUT2D eigenvalue weighted by atomic mass is 16.5. The quantitative estimate of drug-likeness (QED) is 0.434. The van der Waals surface area contributed by atoms with E-state index < -0.39 is 36.3 Å². The van der Waals surface area contributed by atoms with Crippen molar-refractivity contribution in [3.05, 3.63) is 11.5 Å². The molecule has 0 heterocycles. The molecule has 0 aromatic heterocycles. The first-order chi connectivity index (χ1) is 6.46. The molecule has 0 bridgehead atoms. The number of hydrogen-bond donors (Lipinski definition) is 4. The number of Topliss-reactive ketones (excluding diaryl/α,β-unsaturated/α-hetero) is 1. The second-order valence-electron chi connectivity index (χ2n) is 3.18. The molecule has 2 atom stereocenters. The van der Waals surface area contributed by atoms with Gasteiger partial charge in [-0.15, -0.1) is 0 Å². The number of rotatable bonds is 2. The monoisotopic (exact) mass is 204 g/mol. The number of ether oxygens (including phenoxy) is 1. The van der Waals surface area contributed by atoms with Gasteiger partial charge in [0.15, 0.2) is 5.76 Å². The standard InChI is InChI=1S/C8H12O6/c1-14-6-4(10)2-8(13,3-9)7(12)5(6)11/h7,9,11-13H,2-3H2,1H3/t7-,8-/m1/s1. The second-order valence-corrected chi connectivity index (χ2v) is 3.18. The van der Waals surface area contributed by atoms with Gasteiger partial charge in [0.2, 0.25) is 11.5 Å². The van der Waals surface area contributed by atoms with E-state index in [2.05, 4.69) is 4.74 Å². The molecule has 0 fully saturated rings. The first-order valence-electron chi connectivity index (χ1n) is 3.98. The van der Waals surface area contributed by atoms with E-state index in [0.717, 1.165) is 0 Å². The van der Waals surface area contributed by atoms with E-state index in [-0.39, 0.29) is 5.76 Å². The lowest BCUT2D eigenvalue weighted by Gasteiger charge is -2.34. The van der Waals surface area contributed by atoms with Gasteiger partial charge >= 0.3 is 0 Å². The molecule has 6 nitrogen and oxygen atoms in total. The maximum atomic E-state index is 11.2. The Bertz CT molecular complexity index is 284. The average molecular weight is 204 g/mol. The number of methoxy groups -OCH3 is 1. The van der Waals surface area contributed by atoms with Gasteiger partial charge < -0.3 is 25.2 Å². The minimum absolute atomic E-state index is 0.379. The fourth-order valence-electron chi connectivity index (χ4n) is 1.34. The molecule has 14 heavy (non-hydrogen) atoms. The summed E-state index contributed by atoms with van der Waals surface area (Å²) in [5, 5.41) is 37.0. The molecule has 0 spiro atoms. The molecule has 80 valence electrons. The SMILES string of the molecule is COC1=C(O)[C@@H](O)[C@](O)(CO)CC1=O. The average Bonchev–Trinajstić information content (AvgIpc) is 2.15. The van der Waals surface area contributed by atoms with Crippen molar-refractivity contribution in [3.63, 3.8) is 0 Å². The molecule has 0 amide bonds. The lowest BCUT2D eigenvalue weighted by molar-refractivity contribution is -0.145. The number of hydrogen-bond acceptors (Lipinski definition) is 6. The highest BCUT2D eigenvalue weighted by Gasteiger charge is 2.46. The zero-order valence-corrected chi connectivity index (χ0v) is 7.60. The predicted molar refractivity (Wildman–Crippen MR) is 44.3 cm³/mol. The first-order valence-corrected chi connectivity index (χ1v) is 3.98. The van der Waals surface area contributed by atoms with Gasteiger partial charge in [0.25, 0.3) is 0 Å². The van der Waals surface area contributed by atoms with E-state index in [9.17, 15) is 20.1 Å². The number of carbonyl (C=O) groups is 1. The van der Waals surface area contributed by atoms with E-state index in [1.54, 1.807) is 0 Å². The molecule has 0 aromatic carbocycles. The summed E-state index contributed by atoms with van der Waals surface area (Å²) in [6.07, 6.45) is -2.20. The van der Waals surface area contributed by atoms with Crippen LogP contribution in [0.25, 0.3) is 0 Å². The van der Waals surface area contributed by atoms with Crippen molar-refractivity contribution in [3.8, 4) is 0 Å². The van der Waals surface area contributed by atoms with Crippen LogP contribution in [0.2, 0.25) is 0 Å². The summed E-state index contributed by atoms with van der Waals surface area (Å²) >= 11 is 0. The maximum absolute atomic E-state index is 11.2. The Morgan fingerprint density at radius 1 is 1.64 bits per heavy atom. The van der Waals surface area contributed by atoms with Gasteiger partial charge in [-0.3, -0.25) is 4.79 Å². The molecule has 0 radical (unpaired) electrons. The van der Waals surface area contributed by atoms with Gasteiger partial charge in [0.05, 0.1) is 13.7 Å². The number of ketones is 1. The van der Waals surface area contributed by atoms with E-state index >= 15 is 0 Å². The molecule has 0 aromatic rings. The van der Waals surface area contributed by atoms with Gasteiger partial charge in [0, 0.05) is 6.42 Å². The van der Waals surface area contributed by atoms with Gasteiger partial charge in [0.1, 0.15) is 11.7 Å². The summed E-state index contributed by atoms with van der Waals surface area (Å²) < 4.78 is 4.55. The first kappa shape index (κ1) is 11.0. The van der Waals surface area contributed by atoms with Crippen molar-refractivity contribution in [1.82, 2.24) is 0 Å². The van der Waals surface area contributed by atoms with Crippen LogP contribution in [0.15, 0.2) is 11.5 Å². The Kier molecular flexibility index (Phi) is 2.79. The molecule has 1 aliphatic rings. The predicted octanol–water partition coefficient (Wildman–Crippen LogP) is -1.54. The third-order valence-corrected chi connectivity index (χ3v) is 2.20. The number of carbonyl (C=O) groups excluding carboxylic acids is 1. The minimum Gasteiger partial charge on any atom is -0.506 e. The van der Waals surface area contributed by atoms with Crippen LogP contribution in [-0.4, -0.2) is 51.6 Å². The van der Waals surface area contributed by atoms with Crippen LogP contribution >= 0.6 is 0 Å². The Morgan fingerprint density at radius 3 is 2.64 bits per heavy atom. The second kappa shape index (κ2) is 3.56. The normalized spacial score (nSPS) is 33.4. The van der Waals surface area contributed by atoms with Gasteiger partial charge in [-0.1, -0.05) is 0 Å². The van der Waals surface area contributed by atoms with E-state index in [4.69, 9.17) is 5.11 Å². The van der Waals surface area contributed by atoms with Crippen molar-refractivity contribution >= 4 is 5.78 Å². The largest absolute Gasteiger partial charge is 0.506 e. The molecule has 0 unspecified atom stereocenters. The molecule has 0 aliphatic heterocycles. The van der Waals surface area contributed by atoms with Crippen LogP contribution in [0.1, 0.15) is 6.42 Å². The molecule has 0 saturated carbocycles. The maximum Gasteiger partial charge on any atom is 0.204 e. The van der Waals surface area contributed by atoms with Crippen LogP contribution in [0.3, 0.4) is 0 Å². The molecular weight excluding hydrogens is 192 g/mol. The lowest BCUT2D eigenvalue weighted by atomic mass is 9.84. The molecular formula is C8H12O6. The fraction of sp³-hybridized carbons (Fsp3) is 0.625. The Morgan fingerprint density at radius 2 is 2.21 bits per heavy atom. The summed E-state index contributed by atoms with van der Waals surface area (Å²) in [5.74, 6) is -1.79.